The Hall–Kier alpha value is -1.26. The number of amides is 1. The van der Waals surface area contributed by atoms with E-state index < -0.39 is 6.10 Å². The molecule has 0 bridgehead atoms. The number of hydrogen-bond donors (Lipinski definition) is 1. The summed E-state index contributed by atoms with van der Waals surface area (Å²) in [5.41, 5.74) is 0.626. The van der Waals surface area contributed by atoms with Crippen molar-refractivity contribution in [3.63, 3.8) is 0 Å². The van der Waals surface area contributed by atoms with Gasteiger partial charge in [-0.1, -0.05) is 11.6 Å². The molecule has 0 saturated carbocycles. The van der Waals surface area contributed by atoms with E-state index in [1.54, 1.807) is 18.2 Å². The summed E-state index contributed by atoms with van der Waals surface area (Å²) in [6, 6.07) is 5.13. The van der Waals surface area contributed by atoms with Gasteiger partial charge in [0.05, 0.1) is 31.4 Å². The zero-order valence-electron chi connectivity index (χ0n) is 9.52. The molecule has 1 aliphatic heterocycles. The number of rotatable bonds is 3. The minimum atomic E-state index is -0.615. The summed E-state index contributed by atoms with van der Waals surface area (Å²) in [6.07, 6.45) is -0.464. The van der Waals surface area contributed by atoms with Gasteiger partial charge in [0, 0.05) is 5.02 Å². The fourth-order valence-electron chi connectivity index (χ4n) is 1.90. The van der Waals surface area contributed by atoms with Crippen LogP contribution in [0.15, 0.2) is 18.2 Å². The molecule has 0 aromatic heterocycles. The van der Waals surface area contributed by atoms with Gasteiger partial charge in [-0.3, -0.25) is 4.79 Å². The molecular weight excluding hydrogens is 242 g/mol. The molecule has 2 rings (SSSR count). The van der Waals surface area contributed by atoms with Crippen molar-refractivity contribution >= 4 is 23.2 Å². The highest BCUT2D eigenvalue weighted by Gasteiger charge is 2.30. The second kappa shape index (κ2) is 4.94. The van der Waals surface area contributed by atoms with E-state index in [1.807, 2.05) is 6.92 Å². The maximum Gasteiger partial charge on any atom is 0.229 e. The predicted molar refractivity (Wildman–Crippen MR) is 65.6 cm³/mol. The summed E-state index contributed by atoms with van der Waals surface area (Å²) in [6.45, 7) is 2.68. The average molecular weight is 256 g/mol. The zero-order chi connectivity index (χ0) is 12.4. The van der Waals surface area contributed by atoms with Crippen LogP contribution in [0.3, 0.4) is 0 Å². The molecule has 1 saturated heterocycles. The van der Waals surface area contributed by atoms with Crippen LogP contribution in [-0.2, 0) is 4.79 Å². The summed E-state index contributed by atoms with van der Waals surface area (Å²) in [5, 5.41) is 10.0. The monoisotopic (exact) mass is 255 g/mol. The number of β-amino-alcohol motifs (C(OH)–C–C–N with tert-alkyl or cyclic N) is 1. The molecule has 1 N–H and O–H groups in total. The Labute approximate surface area is 105 Å². The van der Waals surface area contributed by atoms with Crippen LogP contribution in [0.4, 0.5) is 5.69 Å². The van der Waals surface area contributed by atoms with Crippen LogP contribution in [0, 0.1) is 0 Å². The first-order valence-corrected chi connectivity index (χ1v) is 5.90. The summed E-state index contributed by atoms with van der Waals surface area (Å²) in [4.78, 5) is 13.2. The van der Waals surface area contributed by atoms with E-state index in [1.165, 1.54) is 4.90 Å². The van der Waals surface area contributed by atoms with E-state index >= 15 is 0 Å². The minimum absolute atomic E-state index is 0.110. The molecule has 1 aromatic carbocycles. The fraction of sp³-hybridized carbons (Fsp3) is 0.417. The van der Waals surface area contributed by atoms with E-state index in [0.717, 1.165) is 0 Å². The predicted octanol–water partition coefficient (Wildman–Crippen LogP) is 1.84. The van der Waals surface area contributed by atoms with Crippen molar-refractivity contribution in [3.8, 4) is 5.75 Å². The van der Waals surface area contributed by atoms with Gasteiger partial charge < -0.3 is 14.7 Å². The molecule has 1 aliphatic rings. The number of aliphatic hydroxyl groups is 1. The van der Waals surface area contributed by atoms with E-state index in [0.29, 0.717) is 29.6 Å². The Morgan fingerprint density at radius 2 is 2.35 bits per heavy atom. The van der Waals surface area contributed by atoms with Crippen LogP contribution in [-0.4, -0.2) is 30.3 Å². The van der Waals surface area contributed by atoms with E-state index in [2.05, 4.69) is 0 Å². The highest BCUT2D eigenvalue weighted by Crippen LogP contribution is 2.34. The molecule has 1 unspecified atom stereocenters. The lowest BCUT2D eigenvalue weighted by Gasteiger charge is -2.19. The lowest BCUT2D eigenvalue weighted by atomic mass is 10.2. The van der Waals surface area contributed by atoms with Gasteiger partial charge in [-0.05, 0) is 25.1 Å². The highest BCUT2D eigenvalue weighted by molar-refractivity contribution is 6.31. The molecule has 4 nitrogen and oxygen atoms in total. The molecular formula is C12H14ClNO3. The second-order valence-electron chi connectivity index (χ2n) is 3.91. The van der Waals surface area contributed by atoms with Crippen molar-refractivity contribution in [2.45, 2.75) is 19.4 Å². The van der Waals surface area contributed by atoms with Gasteiger partial charge in [0.2, 0.25) is 5.91 Å². The lowest BCUT2D eigenvalue weighted by molar-refractivity contribution is -0.117. The van der Waals surface area contributed by atoms with Crippen molar-refractivity contribution in [1.29, 1.82) is 0 Å². The van der Waals surface area contributed by atoms with Crippen molar-refractivity contribution in [2.75, 3.05) is 18.1 Å². The summed E-state index contributed by atoms with van der Waals surface area (Å²) in [7, 11) is 0. The van der Waals surface area contributed by atoms with Crippen LogP contribution in [0.5, 0.6) is 5.75 Å². The Kier molecular flexibility index (Phi) is 3.54. The first kappa shape index (κ1) is 12.2. The molecule has 1 heterocycles. The Bertz CT molecular complexity index is 436. The van der Waals surface area contributed by atoms with E-state index in [4.69, 9.17) is 16.3 Å². The highest BCUT2D eigenvalue weighted by atomic mass is 35.5. The van der Waals surface area contributed by atoms with Gasteiger partial charge in [0.1, 0.15) is 5.75 Å². The molecule has 17 heavy (non-hydrogen) atoms. The normalized spacial score (nSPS) is 19.8. The number of carbonyl (C=O) groups excluding carboxylic acids is 1. The number of ether oxygens (including phenoxy) is 1. The first-order chi connectivity index (χ1) is 8.11. The quantitative estimate of drug-likeness (QED) is 0.897. The maximum absolute atomic E-state index is 11.7. The van der Waals surface area contributed by atoms with Crippen LogP contribution < -0.4 is 9.64 Å². The third-order valence-corrected chi connectivity index (χ3v) is 2.85. The largest absolute Gasteiger partial charge is 0.492 e. The van der Waals surface area contributed by atoms with Gasteiger partial charge in [-0.2, -0.15) is 0 Å². The summed E-state index contributed by atoms with van der Waals surface area (Å²) in [5.74, 6) is 0.500. The average Bonchev–Trinajstić information content (AvgIpc) is 2.61. The number of anilines is 1. The molecule has 0 spiro atoms. The molecule has 1 fully saturated rings. The SMILES string of the molecule is CCOc1ccc(Cl)cc1N1CC(O)CC1=O. The van der Waals surface area contributed by atoms with Crippen molar-refractivity contribution in [1.82, 2.24) is 0 Å². The smallest absolute Gasteiger partial charge is 0.229 e. The Balaban J connectivity index is 2.35. The topological polar surface area (TPSA) is 49.8 Å². The van der Waals surface area contributed by atoms with Gasteiger partial charge in [0.15, 0.2) is 0 Å². The van der Waals surface area contributed by atoms with Crippen molar-refractivity contribution in [3.05, 3.63) is 23.2 Å². The number of carbonyl (C=O) groups is 1. The standard InChI is InChI=1S/C12H14ClNO3/c1-2-17-11-4-3-8(13)5-10(11)14-7-9(15)6-12(14)16/h3-5,9,15H,2,6-7H2,1H3. The number of nitrogens with zero attached hydrogens (tertiary/aromatic N) is 1. The van der Waals surface area contributed by atoms with Gasteiger partial charge in [-0.15, -0.1) is 0 Å². The van der Waals surface area contributed by atoms with Crippen LogP contribution in [0.25, 0.3) is 0 Å². The van der Waals surface area contributed by atoms with Crippen LogP contribution >= 0.6 is 11.6 Å². The number of benzene rings is 1. The number of aliphatic hydroxyl groups excluding tert-OH is 1. The van der Waals surface area contributed by atoms with Gasteiger partial charge >= 0.3 is 0 Å². The fourth-order valence-corrected chi connectivity index (χ4v) is 2.07. The Morgan fingerprint density at radius 3 is 2.94 bits per heavy atom. The summed E-state index contributed by atoms with van der Waals surface area (Å²) < 4.78 is 5.45. The summed E-state index contributed by atoms with van der Waals surface area (Å²) >= 11 is 5.92. The molecule has 1 amide bonds. The van der Waals surface area contributed by atoms with Crippen molar-refractivity contribution < 1.29 is 14.6 Å². The van der Waals surface area contributed by atoms with E-state index in [9.17, 15) is 9.90 Å². The molecule has 0 aliphatic carbocycles. The first-order valence-electron chi connectivity index (χ1n) is 5.52. The maximum atomic E-state index is 11.7. The molecule has 1 atom stereocenters. The zero-order valence-corrected chi connectivity index (χ0v) is 10.3. The van der Waals surface area contributed by atoms with Gasteiger partial charge in [-0.25, -0.2) is 0 Å². The lowest BCUT2D eigenvalue weighted by Crippen LogP contribution is -2.25. The molecule has 92 valence electrons. The van der Waals surface area contributed by atoms with Crippen LogP contribution in [0.1, 0.15) is 13.3 Å². The Morgan fingerprint density at radius 1 is 1.59 bits per heavy atom. The number of hydrogen-bond acceptors (Lipinski definition) is 3. The van der Waals surface area contributed by atoms with Crippen LogP contribution in [0.2, 0.25) is 5.02 Å². The van der Waals surface area contributed by atoms with Crippen molar-refractivity contribution in [2.24, 2.45) is 0 Å². The van der Waals surface area contributed by atoms with E-state index in [-0.39, 0.29) is 12.3 Å². The minimum Gasteiger partial charge on any atom is -0.492 e. The third-order valence-electron chi connectivity index (χ3n) is 2.62. The molecule has 0 radical (unpaired) electrons. The third kappa shape index (κ3) is 2.53. The number of halogens is 1. The van der Waals surface area contributed by atoms with Gasteiger partial charge in [0.25, 0.3) is 0 Å². The molecule has 1 aromatic rings. The molecule has 5 heteroatoms. The second-order valence-corrected chi connectivity index (χ2v) is 4.34.